The van der Waals surface area contributed by atoms with Crippen LogP contribution in [0.4, 0.5) is 25.5 Å². The number of aromatic nitrogens is 3. The van der Waals surface area contributed by atoms with Gasteiger partial charge < -0.3 is 25.6 Å². The van der Waals surface area contributed by atoms with E-state index >= 15 is 4.39 Å². The average molecular weight is 602 g/mol. The van der Waals surface area contributed by atoms with Gasteiger partial charge in [0.05, 0.1) is 46.3 Å². The third-order valence-electron chi connectivity index (χ3n) is 10.4. The first-order valence-corrected chi connectivity index (χ1v) is 15.5. The number of hydrogen-bond donors (Lipinski definition) is 2. The lowest BCUT2D eigenvalue weighted by Crippen LogP contribution is -2.76. The van der Waals surface area contributed by atoms with E-state index < -0.39 is 11.6 Å². The molecule has 2 bridgehead atoms. The quantitative estimate of drug-likeness (QED) is 0.361. The SMILES string of the molecule is CN1CCC12CN(c1nc(N3C4CCC3CNC4)c3c4c(c(-c5ncc(F)c6sc(N)c(C#N)c56)c(F)c3n1)COC4)C2. The summed E-state index contributed by atoms with van der Waals surface area (Å²) in [5, 5.41) is 14.5. The van der Waals surface area contributed by atoms with E-state index in [-0.39, 0.29) is 68.3 Å². The summed E-state index contributed by atoms with van der Waals surface area (Å²) in [4.78, 5) is 21.4. The first kappa shape index (κ1) is 25.8. The molecule has 4 saturated heterocycles. The van der Waals surface area contributed by atoms with Crippen molar-refractivity contribution in [1.82, 2.24) is 25.2 Å². The number of rotatable bonds is 3. The minimum absolute atomic E-state index is 0.103. The highest BCUT2D eigenvalue weighted by atomic mass is 32.1. The van der Waals surface area contributed by atoms with Gasteiger partial charge in [-0.3, -0.25) is 9.88 Å². The van der Waals surface area contributed by atoms with Crippen LogP contribution in [0.25, 0.3) is 32.2 Å². The number of nitrogen functional groups attached to an aromatic ring is 1. The molecular formula is C30H29F2N9OS. The Kier molecular flexibility index (Phi) is 5.34. The van der Waals surface area contributed by atoms with Gasteiger partial charge >= 0.3 is 0 Å². The molecule has 0 amide bonds. The monoisotopic (exact) mass is 601 g/mol. The Labute approximate surface area is 250 Å². The number of fused-ring (bicyclic) bond motifs is 6. The highest BCUT2D eigenvalue weighted by Crippen LogP contribution is 2.48. The molecule has 2 atom stereocenters. The first-order valence-electron chi connectivity index (χ1n) is 14.7. The molecule has 220 valence electrons. The van der Waals surface area contributed by atoms with Crippen molar-refractivity contribution >= 4 is 49.1 Å². The van der Waals surface area contributed by atoms with Gasteiger partial charge in [0, 0.05) is 55.8 Å². The van der Waals surface area contributed by atoms with Crippen molar-refractivity contribution in [3.05, 3.63) is 34.5 Å². The van der Waals surface area contributed by atoms with Crippen molar-refractivity contribution in [1.29, 1.82) is 5.26 Å². The van der Waals surface area contributed by atoms with Crippen LogP contribution >= 0.6 is 11.3 Å². The Bertz CT molecular complexity index is 1900. The fourth-order valence-electron chi connectivity index (χ4n) is 7.94. The zero-order valence-corrected chi connectivity index (χ0v) is 24.4. The largest absolute Gasteiger partial charge is 0.389 e. The number of hydrogen-bond acceptors (Lipinski definition) is 11. The number of nitrogens with zero attached hydrogens (tertiary/aromatic N) is 7. The van der Waals surface area contributed by atoms with Gasteiger partial charge in [0.15, 0.2) is 11.6 Å². The standard InChI is InChI=1S/C30H29F2N9OS/c1-39-5-4-30(39)12-40(13-30)29-37-25-22(28(38-29)41-14-2-3-15(41)8-35-7-14)18-11-42-10-17(18)20(23(25)32)24-21-16(6-33)27(34)43-26(21)19(31)9-36-24/h9,14-15,35H,2-5,7-8,10-13,34H2,1H3. The lowest BCUT2D eigenvalue weighted by Gasteiger charge is -2.61. The number of likely N-dealkylation sites (N-methyl/N-ethyl adjacent to an activating group) is 1. The van der Waals surface area contributed by atoms with Crippen molar-refractivity contribution in [3.8, 4) is 17.3 Å². The third kappa shape index (κ3) is 3.37. The summed E-state index contributed by atoms with van der Waals surface area (Å²) in [6.07, 6.45) is 4.29. The van der Waals surface area contributed by atoms with Gasteiger partial charge in [-0.2, -0.15) is 10.2 Å². The van der Waals surface area contributed by atoms with Crippen LogP contribution in [0.5, 0.6) is 0 Å². The Hall–Kier alpha value is -3.70. The highest BCUT2D eigenvalue weighted by molar-refractivity contribution is 7.23. The number of piperazine rings is 1. The molecule has 3 N–H and O–H groups in total. The van der Waals surface area contributed by atoms with E-state index in [9.17, 15) is 9.65 Å². The number of anilines is 3. The second kappa shape index (κ2) is 8.92. The molecule has 5 aliphatic rings. The van der Waals surface area contributed by atoms with E-state index in [2.05, 4.69) is 38.1 Å². The number of halogens is 2. The smallest absolute Gasteiger partial charge is 0.228 e. The molecule has 0 aliphatic carbocycles. The van der Waals surface area contributed by atoms with E-state index in [0.717, 1.165) is 80.9 Å². The number of ether oxygens (including phenoxy) is 1. The summed E-state index contributed by atoms with van der Waals surface area (Å²) in [6, 6.07) is 2.61. The van der Waals surface area contributed by atoms with Gasteiger partial charge in [0.1, 0.15) is 22.4 Å². The molecule has 2 unspecified atom stereocenters. The second-order valence-corrected chi connectivity index (χ2v) is 13.6. The van der Waals surface area contributed by atoms with E-state index in [1.54, 1.807) is 0 Å². The van der Waals surface area contributed by atoms with Crippen LogP contribution in [0.1, 0.15) is 36.0 Å². The molecule has 0 radical (unpaired) electrons. The van der Waals surface area contributed by atoms with Crippen molar-refractivity contribution in [2.45, 2.75) is 50.1 Å². The average Bonchev–Trinajstić information content (AvgIpc) is 3.66. The van der Waals surface area contributed by atoms with Crippen LogP contribution in [0.3, 0.4) is 0 Å². The normalized spacial score (nSPS) is 24.0. The summed E-state index contributed by atoms with van der Waals surface area (Å²) in [6.45, 7) is 4.80. The molecule has 8 heterocycles. The Morgan fingerprint density at radius 1 is 1.14 bits per heavy atom. The van der Waals surface area contributed by atoms with Crippen LogP contribution < -0.4 is 20.9 Å². The topological polar surface area (TPSA) is 119 Å². The van der Waals surface area contributed by atoms with Gasteiger partial charge in [-0.1, -0.05) is 0 Å². The molecule has 3 aromatic heterocycles. The van der Waals surface area contributed by atoms with E-state index in [1.165, 1.54) is 0 Å². The molecule has 5 aliphatic heterocycles. The van der Waals surface area contributed by atoms with Crippen LogP contribution in [-0.4, -0.2) is 77.2 Å². The third-order valence-corrected chi connectivity index (χ3v) is 11.4. The number of nitrogens with two attached hydrogens (primary N) is 1. The Morgan fingerprint density at radius 3 is 2.60 bits per heavy atom. The molecule has 4 fully saturated rings. The number of pyridine rings is 1. The number of likely N-dealkylation sites (tertiary alicyclic amines) is 1. The molecule has 1 spiro atoms. The van der Waals surface area contributed by atoms with Gasteiger partial charge in [-0.05, 0) is 37.4 Å². The van der Waals surface area contributed by atoms with Crippen molar-refractivity contribution < 1.29 is 13.5 Å². The lowest BCUT2D eigenvalue weighted by atomic mass is 9.78. The number of benzene rings is 1. The highest BCUT2D eigenvalue weighted by Gasteiger charge is 2.52. The van der Waals surface area contributed by atoms with E-state index in [0.29, 0.717) is 16.9 Å². The van der Waals surface area contributed by atoms with E-state index in [1.807, 2.05) is 0 Å². The van der Waals surface area contributed by atoms with Gasteiger partial charge in [0.2, 0.25) is 5.95 Å². The molecular weight excluding hydrogens is 572 g/mol. The summed E-state index contributed by atoms with van der Waals surface area (Å²) in [7, 11) is 2.14. The predicted molar refractivity (Wildman–Crippen MR) is 160 cm³/mol. The number of thiophene rings is 1. The molecule has 9 rings (SSSR count). The zero-order valence-electron chi connectivity index (χ0n) is 23.6. The Balaban J connectivity index is 1.32. The van der Waals surface area contributed by atoms with Crippen molar-refractivity contribution in [2.24, 2.45) is 0 Å². The molecule has 43 heavy (non-hydrogen) atoms. The number of nitrogens with one attached hydrogen (secondary N) is 1. The summed E-state index contributed by atoms with van der Waals surface area (Å²) < 4.78 is 38.3. The summed E-state index contributed by atoms with van der Waals surface area (Å²) in [5.41, 5.74) is 8.41. The zero-order chi connectivity index (χ0) is 29.2. The van der Waals surface area contributed by atoms with Crippen LogP contribution in [0.2, 0.25) is 0 Å². The Morgan fingerprint density at radius 2 is 1.91 bits per heavy atom. The van der Waals surface area contributed by atoms with Gasteiger partial charge in [-0.15, -0.1) is 11.3 Å². The molecule has 4 aromatic rings. The molecule has 1 aromatic carbocycles. The maximum absolute atomic E-state index is 17.2. The predicted octanol–water partition coefficient (Wildman–Crippen LogP) is 3.50. The summed E-state index contributed by atoms with van der Waals surface area (Å²) >= 11 is 0.972. The fourth-order valence-corrected chi connectivity index (χ4v) is 8.87. The van der Waals surface area contributed by atoms with Crippen LogP contribution in [0.15, 0.2) is 6.20 Å². The minimum atomic E-state index is -0.597. The number of nitriles is 1. The maximum Gasteiger partial charge on any atom is 0.228 e. The molecule has 13 heteroatoms. The minimum Gasteiger partial charge on any atom is -0.389 e. The van der Waals surface area contributed by atoms with Crippen molar-refractivity contribution in [2.75, 3.05) is 55.3 Å². The fraction of sp³-hybridized carbons (Fsp3) is 0.467. The van der Waals surface area contributed by atoms with E-state index in [4.69, 9.17) is 20.4 Å². The first-order chi connectivity index (χ1) is 20.9. The lowest BCUT2D eigenvalue weighted by molar-refractivity contribution is -0.0135. The van der Waals surface area contributed by atoms with Crippen LogP contribution in [-0.2, 0) is 18.0 Å². The van der Waals surface area contributed by atoms with Crippen molar-refractivity contribution in [3.63, 3.8) is 0 Å². The van der Waals surface area contributed by atoms with Gasteiger partial charge in [-0.25, -0.2) is 13.8 Å². The second-order valence-electron chi connectivity index (χ2n) is 12.5. The molecule has 10 nitrogen and oxygen atoms in total. The van der Waals surface area contributed by atoms with Crippen LogP contribution in [0, 0.1) is 23.0 Å². The molecule has 0 saturated carbocycles. The summed E-state index contributed by atoms with van der Waals surface area (Å²) in [5.74, 6) is 0.125. The maximum atomic E-state index is 17.2. The van der Waals surface area contributed by atoms with Gasteiger partial charge in [0.25, 0.3) is 0 Å².